The van der Waals surface area contributed by atoms with Crippen LogP contribution in [0, 0.1) is 11.6 Å². The standard InChI is InChI=1S/C21H23ClF2N2O4S/c1-30-19-11-10-15(12-16(19)22)31(28,29)26(14-6-3-2-4-7-14)13-20(27)25-21-17(23)8-5-9-18(21)24/h5,8-12,14H,2-4,6-7,13H2,1H3,(H,25,27). The first-order valence-corrected chi connectivity index (χ1v) is 11.6. The molecular weight excluding hydrogens is 450 g/mol. The zero-order chi connectivity index (χ0) is 22.6. The van der Waals surface area contributed by atoms with Crippen molar-refractivity contribution >= 4 is 33.2 Å². The monoisotopic (exact) mass is 472 g/mol. The number of carbonyl (C=O) groups excluding carboxylic acids is 1. The molecule has 3 rings (SSSR count). The van der Waals surface area contributed by atoms with E-state index in [1.807, 2.05) is 0 Å². The molecule has 0 radical (unpaired) electrons. The van der Waals surface area contributed by atoms with E-state index in [-0.39, 0.29) is 9.92 Å². The van der Waals surface area contributed by atoms with Gasteiger partial charge in [0.2, 0.25) is 15.9 Å². The SMILES string of the molecule is COc1ccc(S(=O)(=O)N(CC(=O)Nc2c(F)cccc2F)C2CCCCC2)cc1Cl. The van der Waals surface area contributed by atoms with Gasteiger partial charge >= 0.3 is 0 Å². The molecule has 0 bridgehead atoms. The van der Waals surface area contributed by atoms with Crippen molar-refractivity contribution in [3.8, 4) is 5.75 Å². The minimum atomic E-state index is -4.11. The molecular formula is C21H23ClF2N2O4S. The van der Waals surface area contributed by atoms with E-state index in [4.69, 9.17) is 16.3 Å². The molecule has 1 N–H and O–H groups in total. The molecule has 1 fully saturated rings. The zero-order valence-electron chi connectivity index (χ0n) is 16.9. The number of hydrogen-bond acceptors (Lipinski definition) is 4. The lowest BCUT2D eigenvalue weighted by atomic mass is 9.95. The number of ether oxygens (including phenoxy) is 1. The van der Waals surface area contributed by atoms with Crippen LogP contribution < -0.4 is 10.1 Å². The molecule has 0 aliphatic heterocycles. The predicted molar refractivity (Wildman–Crippen MR) is 114 cm³/mol. The van der Waals surface area contributed by atoms with Crippen molar-refractivity contribution in [2.24, 2.45) is 0 Å². The Balaban J connectivity index is 1.90. The van der Waals surface area contributed by atoms with Gasteiger partial charge in [0.25, 0.3) is 0 Å². The number of rotatable bonds is 7. The highest BCUT2D eigenvalue weighted by Crippen LogP contribution is 2.32. The second-order valence-electron chi connectivity index (χ2n) is 7.28. The van der Waals surface area contributed by atoms with E-state index in [9.17, 15) is 22.0 Å². The summed E-state index contributed by atoms with van der Waals surface area (Å²) in [6.45, 7) is -0.579. The van der Waals surface area contributed by atoms with Gasteiger partial charge in [-0.1, -0.05) is 36.9 Å². The Morgan fingerprint density at radius 2 is 1.81 bits per heavy atom. The van der Waals surface area contributed by atoms with Crippen LogP contribution in [0.4, 0.5) is 14.5 Å². The minimum absolute atomic E-state index is 0.0891. The molecule has 0 heterocycles. The van der Waals surface area contributed by atoms with E-state index < -0.39 is 45.8 Å². The van der Waals surface area contributed by atoms with Gasteiger partial charge in [0.1, 0.15) is 23.1 Å². The number of sulfonamides is 1. The number of benzene rings is 2. The van der Waals surface area contributed by atoms with Crippen molar-refractivity contribution in [2.75, 3.05) is 19.0 Å². The summed E-state index contributed by atoms with van der Waals surface area (Å²) in [6, 6.07) is 6.83. The van der Waals surface area contributed by atoms with Gasteiger partial charge in [0.05, 0.1) is 23.6 Å². The van der Waals surface area contributed by atoms with E-state index in [0.717, 1.165) is 35.7 Å². The Morgan fingerprint density at radius 1 is 1.16 bits per heavy atom. The molecule has 1 aliphatic rings. The van der Waals surface area contributed by atoms with Crippen LogP contribution in [0.15, 0.2) is 41.3 Å². The third kappa shape index (κ3) is 5.34. The number of nitrogens with zero attached hydrogens (tertiary/aromatic N) is 1. The van der Waals surface area contributed by atoms with Gasteiger partial charge in [-0.2, -0.15) is 4.31 Å². The molecule has 2 aromatic rings. The molecule has 1 amide bonds. The molecule has 0 spiro atoms. The van der Waals surface area contributed by atoms with Crippen LogP contribution >= 0.6 is 11.6 Å². The van der Waals surface area contributed by atoms with Gasteiger partial charge in [0.15, 0.2) is 0 Å². The summed E-state index contributed by atoms with van der Waals surface area (Å²) >= 11 is 6.10. The molecule has 2 aromatic carbocycles. The molecule has 0 unspecified atom stereocenters. The van der Waals surface area contributed by atoms with Crippen LogP contribution in [-0.2, 0) is 14.8 Å². The Kier molecular flexibility index (Phi) is 7.51. The highest BCUT2D eigenvalue weighted by atomic mass is 35.5. The number of halogens is 3. The van der Waals surface area contributed by atoms with Gasteiger partial charge in [-0.25, -0.2) is 17.2 Å². The molecule has 10 heteroatoms. The first-order chi connectivity index (χ1) is 14.7. The molecule has 0 saturated heterocycles. The van der Waals surface area contributed by atoms with Gasteiger partial charge < -0.3 is 10.1 Å². The maximum absolute atomic E-state index is 13.9. The van der Waals surface area contributed by atoms with E-state index in [0.29, 0.717) is 18.6 Å². The normalized spacial score (nSPS) is 15.1. The second kappa shape index (κ2) is 9.93. The summed E-state index contributed by atoms with van der Waals surface area (Å²) in [5, 5.41) is 2.28. The average Bonchev–Trinajstić information content (AvgIpc) is 2.75. The third-order valence-electron chi connectivity index (χ3n) is 5.24. The lowest BCUT2D eigenvalue weighted by Gasteiger charge is -2.33. The summed E-state index contributed by atoms with van der Waals surface area (Å²) in [6.07, 6.45) is 3.80. The summed E-state index contributed by atoms with van der Waals surface area (Å²) in [7, 11) is -2.70. The Hall–Kier alpha value is -2.23. The van der Waals surface area contributed by atoms with Crippen molar-refractivity contribution in [3.05, 3.63) is 53.1 Å². The third-order valence-corrected chi connectivity index (χ3v) is 7.43. The second-order valence-corrected chi connectivity index (χ2v) is 9.58. The summed E-state index contributed by atoms with van der Waals surface area (Å²) in [4.78, 5) is 12.5. The first-order valence-electron chi connectivity index (χ1n) is 9.83. The van der Waals surface area contributed by atoms with E-state index in [1.165, 1.54) is 31.4 Å². The Bertz CT molecular complexity index is 1040. The van der Waals surface area contributed by atoms with Gasteiger partial charge in [-0.15, -0.1) is 0 Å². The molecule has 0 aromatic heterocycles. The Morgan fingerprint density at radius 3 is 2.39 bits per heavy atom. The van der Waals surface area contributed by atoms with Crippen LogP contribution in [0.1, 0.15) is 32.1 Å². The van der Waals surface area contributed by atoms with Crippen molar-refractivity contribution in [2.45, 2.75) is 43.0 Å². The fourth-order valence-electron chi connectivity index (χ4n) is 3.66. The van der Waals surface area contributed by atoms with Gasteiger partial charge in [-0.3, -0.25) is 4.79 Å². The van der Waals surface area contributed by atoms with Gasteiger partial charge in [0, 0.05) is 6.04 Å². The summed E-state index contributed by atoms with van der Waals surface area (Å²) in [5.41, 5.74) is -0.610. The number of carbonyl (C=O) groups is 1. The maximum atomic E-state index is 13.9. The van der Waals surface area contributed by atoms with E-state index in [2.05, 4.69) is 5.32 Å². The van der Waals surface area contributed by atoms with E-state index in [1.54, 1.807) is 0 Å². The quantitative estimate of drug-likeness (QED) is 0.639. The van der Waals surface area contributed by atoms with Crippen molar-refractivity contribution in [3.63, 3.8) is 0 Å². The Labute approximate surface area is 185 Å². The van der Waals surface area contributed by atoms with Crippen molar-refractivity contribution in [1.82, 2.24) is 4.31 Å². The lowest BCUT2D eigenvalue weighted by Crippen LogP contribution is -2.45. The fourth-order valence-corrected chi connectivity index (χ4v) is 5.65. The number of nitrogens with one attached hydrogen (secondary N) is 1. The first kappa shape index (κ1) is 23.4. The van der Waals surface area contributed by atoms with Gasteiger partial charge in [-0.05, 0) is 43.2 Å². The maximum Gasteiger partial charge on any atom is 0.243 e. The molecule has 168 valence electrons. The number of hydrogen-bond donors (Lipinski definition) is 1. The topological polar surface area (TPSA) is 75.7 Å². The van der Waals surface area contributed by atoms with Crippen LogP contribution in [0.25, 0.3) is 0 Å². The molecule has 31 heavy (non-hydrogen) atoms. The smallest absolute Gasteiger partial charge is 0.243 e. The number of anilines is 1. The summed E-state index contributed by atoms with van der Waals surface area (Å²) < 4.78 is 60.8. The van der Waals surface area contributed by atoms with Crippen LogP contribution in [0.5, 0.6) is 5.75 Å². The van der Waals surface area contributed by atoms with Crippen molar-refractivity contribution in [1.29, 1.82) is 0 Å². The number of methoxy groups -OCH3 is 1. The van der Waals surface area contributed by atoms with Crippen LogP contribution in [-0.4, -0.2) is 38.3 Å². The highest BCUT2D eigenvalue weighted by Gasteiger charge is 2.34. The average molecular weight is 473 g/mol. The molecule has 6 nitrogen and oxygen atoms in total. The zero-order valence-corrected chi connectivity index (χ0v) is 18.5. The number of para-hydroxylation sites is 1. The van der Waals surface area contributed by atoms with Crippen molar-refractivity contribution < 1.29 is 26.7 Å². The van der Waals surface area contributed by atoms with E-state index >= 15 is 0 Å². The molecule has 0 atom stereocenters. The predicted octanol–water partition coefficient (Wildman–Crippen LogP) is 4.59. The molecule has 1 aliphatic carbocycles. The summed E-state index contributed by atoms with van der Waals surface area (Å²) in [5.74, 6) is -2.40. The van der Waals surface area contributed by atoms with Crippen LogP contribution in [0.2, 0.25) is 5.02 Å². The lowest BCUT2D eigenvalue weighted by molar-refractivity contribution is -0.116. The fraction of sp³-hybridized carbons (Fsp3) is 0.381. The largest absolute Gasteiger partial charge is 0.495 e. The molecule has 1 saturated carbocycles. The minimum Gasteiger partial charge on any atom is -0.495 e. The number of amides is 1. The van der Waals surface area contributed by atoms with Crippen LogP contribution in [0.3, 0.4) is 0 Å². The highest BCUT2D eigenvalue weighted by molar-refractivity contribution is 7.89.